The van der Waals surface area contributed by atoms with E-state index in [-0.39, 0.29) is 5.43 Å². The van der Waals surface area contributed by atoms with Crippen LogP contribution < -0.4 is 10.7 Å². The van der Waals surface area contributed by atoms with Crippen LogP contribution in [-0.4, -0.2) is 11.1 Å². The molecule has 1 heterocycles. The highest BCUT2D eigenvalue weighted by Gasteiger charge is 2.07. The summed E-state index contributed by atoms with van der Waals surface area (Å²) in [5.41, 5.74) is 2.59. The third-order valence-electron chi connectivity index (χ3n) is 3.18. The molecule has 2 aromatic rings. The summed E-state index contributed by atoms with van der Waals surface area (Å²) in [4.78, 5) is 12.0. The van der Waals surface area contributed by atoms with Gasteiger partial charge in [0.15, 0.2) is 5.43 Å². The highest BCUT2D eigenvalue weighted by atomic mass is 35.5. The number of aromatic nitrogens is 1. The molecule has 20 heavy (non-hydrogen) atoms. The predicted molar refractivity (Wildman–Crippen MR) is 83.8 cm³/mol. The number of benzene rings is 1. The van der Waals surface area contributed by atoms with Gasteiger partial charge in [0.1, 0.15) is 0 Å². The van der Waals surface area contributed by atoms with E-state index < -0.39 is 0 Å². The fourth-order valence-corrected chi connectivity index (χ4v) is 2.34. The second-order valence-electron chi connectivity index (χ2n) is 4.80. The molecule has 0 amide bonds. The Bertz CT molecular complexity index is 649. The number of aryl methyl sites for hydroxylation is 1. The van der Waals surface area contributed by atoms with Crippen LogP contribution >= 0.6 is 11.6 Å². The quantitative estimate of drug-likeness (QED) is 0.857. The van der Waals surface area contributed by atoms with E-state index in [2.05, 4.69) is 12.2 Å². The lowest BCUT2D eigenvalue weighted by Gasteiger charge is -2.14. The first-order chi connectivity index (χ1) is 9.63. The molecule has 4 heteroatoms. The highest BCUT2D eigenvalue weighted by molar-refractivity contribution is 6.32. The van der Waals surface area contributed by atoms with Gasteiger partial charge < -0.3 is 9.88 Å². The minimum atomic E-state index is 0.0643. The molecule has 1 aromatic carbocycles. The highest BCUT2D eigenvalue weighted by Crippen LogP contribution is 2.20. The van der Waals surface area contributed by atoms with Crippen molar-refractivity contribution in [1.82, 2.24) is 9.88 Å². The van der Waals surface area contributed by atoms with E-state index >= 15 is 0 Å². The first-order valence-corrected chi connectivity index (χ1v) is 7.19. The fraction of sp³-hybridized carbons (Fsp3) is 0.312. The van der Waals surface area contributed by atoms with Crippen molar-refractivity contribution in [3.63, 3.8) is 0 Å². The summed E-state index contributed by atoms with van der Waals surface area (Å²) < 4.78 is 1.96. The molecule has 2 rings (SSSR count). The van der Waals surface area contributed by atoms with Crippen molar-refractivity contribution in [1.29, 1.82) is 0 Å². The number of hydrogen-bond acceptors (Lipinski definition) is 2. The molecule has 0 atom stereocenters. The zero-order chi connectivity index (χ0) is 14.5. The lowest BCUT2D eigenvalue weighted by molar-refractivity contribution is 0.668. The number of rotatable bonds is 5. The number of halogens is 1. The molecule has 3 nitrogen and oxygen atoms in total. The lowest BCUT2D eigenvalue weighted by Crippen LogP contribution is -2.22. The molecule has 0 fully saturated rings. The van der Waals surface area contributed by atoms with Gasteiger partial charge in [-0.25, -0.2) is 0 Å². The molecule has 0 unspecified atom stereocenters. The molecule has 0 aliphatic heterocycles. The van der Waals surface area contributed by atoms with Crippen LogP contribution in [0.5, 0.6) is 0 Å². The van der Waals surface area contributed by atoms with Gasteiger partial charge in [-0.05, 0) is 32.0 Å². The van der Waals surface area contributed by atoms with Gasteiger partial charge in [0, 0.05) is 30.1 Å². The summed E-state index contributed by atoms with van der Waals surface area (Å²) in [6, 6.07) is 9.29. The summed E-state index contributed by atoms with van der Waals surface area (Å²) in [6.07, 6.45) is 2.92. The zero-order valence-corrected chi connectivity index (χ0v) is 12.6. The van der Waals surface area contributed by atoms with E-state index in [1.807, 2.05) is 42.0 Å². The Labute approximate surface area is 124 Å². The summed E-state index contributed by atoms with van der Waals surface area (Å²) in [7, 11) is 0. The number of hydrogen-bond donors (Lipinski definition) is 1. The molecule has 0 spiro atoms. The molecule has 0 aliphatic rings. The molecular formula is C16H19ClN2O. The average Bonchev–Trinajstić information content (AvgIpc) is 2.42. The molecule has 0 bridgehead atoms. The van der Waals surface area contributed by atoms with Crippen LogP contribution in [0, 0.1) is 6.92 Å². The smallest absolute Gasteiger partial charge is 0.186 e. The van der Waals surface area contributed by atoms with Crippen LogP contribution in [0.25, 0.3) is 5.69 Å². The van der Waals surface area contributed by atoms with E-state index in [0.717, 1.165) is 29.9 Å². The second kappa shape index (κ2) is 6.73. The van der Waals surface area contributed by atoms with E-state index in [1.54, 1.807) is 6.07 Å². The van der Waals surface area contributed by atoms with Crippen molar-refractivity contribution in [2.45, 2.75) is 26.8 Å². The molecule has 0 saturated carbocycles. The van der Waals surface area contributed by atoms with Gasteiger partial charge in [0.2, 0.25) is 0 Å². The molecule has 1 aromatic heterocycles. The lowest BCUT2D eigenvalue weighted by atomic mass is 10.2. The number of nitrogens with one attached hydrogen (secondary N) is 1. The number of nitrogens with zero attached hydrogens (tertiary/aromatic N) is 1. The molecule has 0 radical (unpaired) electrons. The van der Waals surface area contributed by atoms with Crippen LogP contribution in [0.1, 0.15) is 24.6 Å². The predicted octanol–water partition coefficient (Wildman–Crippen LogP) is 3.30. The molecular weight excluding hydrogens is 272 g/mol. The minimum absolute atomic E-state index is 0.0643. The fourth-order valence-electron chi connectivity index (χ4n) is 2.11. The minimum Gasteiger partial charge on any atom is -0.319 e. The summed E-state index contributed by atoms with van der Waals surface area (Å²) >= 11 is 6.24. The van der Waals surface area contributed by atoms with Crippen LogP contribution in [0.3, 0.4) is 0 Å². The van der Waals surface area contributed by atoms with Crippen molar-refractivity contribution >= 4 is 11.6 Å². The van der Waals surface area contributed by atoms with E-state index in [1.165, 1.54) is 0 Å². The first kappa shape index (κ1) is 14.8. The Morgan fingerprint density at radius 3 is 2.75 bits per heavy atom. The zero-order valence-electron chi connectivity index (χ0n) is 11.8. The van der Waals surface area contributed by atoms with Gasteiger partial charge in [-0.3, -0.25) is 4.79 Å². The van der Waals surface area contributed by atoms with Gasteiger partial charge in [-0.1, -0.05) is 30.7 Å². The largest absolute Gasteiger partial charge is 0.319 e. The summed E-state index contributed by atoms with van der Waals surface area (Å²) in [5.74, 6) is 0. The number of pyridine rings is 1. The van der Waals surface area contributed by atoms with Gasteiger partial charge in [0.25, 0.3) is 0 Å². The topological polar surface area (TPSA) is 34.0 Å². The summed E-state index contributed by atoms with van der Waals surface area (Å²) in [6.45, 7) is 5.50. The first-order valence-electron chi connectivity index (χ1n) is 6.81. The van der Waals surface area contributed by atoms with Crippen molar-refractivity contribution in [2.24, 2.45) is 0 Å². The second-order valence-corrected chi connectivity index (χ2v) is 5.21. The Morgan fingerprint density at radius 1 is 1.30 bits per heavy atom. The molecule has 106 valence electrons. The van der Waals surface area contributed by atoms with Crippen LogP contribution in [-0.2, 0) is 6.54 Å². The normalized spacial score (nSPS) is 10.8. The molecule has 1 N–H and O–H groups in total. The van der Waals surface area contributed by atoms with Crippen LogP contribution in [0.15, 0.2) is 41.3 Å². The van der Waals surface area contributed by atoms with Gasteiger partial charge in [0.05, 0.1) is 10.7 Å². The molecule has 0 aliphatic carbocycles. The Balaban J connectivity index is 2.41. The van der Waals surface area contributed by atoms with E-state index in [9.17, 15) is 4.79 Å². The van der Waals surface area contributed by atoms with E-state index in [4.69, 9.17) is 11.6 Å². The van der Waals surface area contributed by atoms with Crippen molar-refractivity contribution in [3.05, 3.63) is 63.0 Å². The van der Waals surface area contributed by atoms with Crippen molar-refractivity contribution in [2.75, 3.05) is 6.54 Å². The Kier molecular flexibility index (Phi) is 4.99. The maximum Gasteiger partial charge on any atom is 0.186 e. The SMILES string of the molecule is CCCNCc1cn(-c2ccccc2Cl)c(C)cc1=O. The Hall–Kier alpha value is -1.58. The van der Waals surface area contributed by atoms with Gasteiger partial charge in [-0.2, -0.15) is 0 Å². The number of para-hydroxylation sites is 1. The third kappa shape index (κ3) is 3.30. The van der Waals surface area contributed by atoms with Gasteiger partial charge >= 0.3 is 0 Å². The average molecular weight is 291 g/mol. The van der Waals surface area contributed by atoms with E-state index in [0.29, 0.717) is 11.6 Å². The summed E-state index contributed by atoms with van der Waals surface area (Å²) in [5, 5.41) is 3.93. The maximum absolute atomic E-state index is 12.0. The van der Waals surface area contributed by atoms with Crippen molar-refractivity contribution in [3.8, 4) is 5.69 Å². The standard InChI is InChI=1S/C16H19ClN2O/c1-3-8-18-10-13-11-19(12(2)9-16(13)20)15-7-5-4-6-14(15)17/h4-7,9,11,18H,3,8,10H2,1-2H3. The van der Waals surface area contributed by atoms with Gasteiger partial charge in [-0.15, -0.1) is 0 Å². The van der Waals surface area contributed by atoms with Crippen LogP contribution in [0.4, 0.5) is 0 Å². The molecule has 0 saturated heterocycles. The third-order valence-corrected chi connectivity index (χ3v) is 3.50. The Morgan fingerprint density at radius 2 is 2.05 bits per heavy atom. The van der Waals surface area contributed by atoms with Crippen molar-refractivity contribution < 1.29 is 0 Å². The van der Waals surface area contributed by atoms with Crippen LogP contribution in [0.2, 0.25) is 5.02 Å². The monoisotopic (exact) mass is 290 g/mol. The maximum atomic E-state index is 12.0.